The fraction of sp³-hybridized carbons (Fsp3) is 0.647. The summed E-state index contributed by atoms with van der Waals surface area (Å²) >= 11 is 0. The first-order chi connectivity index (χ1) is 10.1. The number of hydrogen-bond acceptors (Lipinski definition) is 4. The molecular formula is C17H29N3O. The Morgan fingerprint density at radius 3 is 2.38 bits per heavy atom. The summed E-state index contributed by atoms with van der Waals surface area (Å²) in [6.07, 6.45) is 2.08. The van der Waals surface area contributed by atoms with Crippen molar-refractivity contribution in [1.29, 1.82) is 0 Å². The zero-order valence-electron chi connectivity index (χ0n) is 13.6. The van der Waals surface area contributed by atoms with Crippen LogP contribution in [0.15, 0.2) is 24.3 Å². The molecule has 0 unspecified atom stereocenters. The minimum Gasteiger partial charge on any atom is -0.497 e. The van der Waals surface area contributed by atoms with E-state index in [-0.39, 0.29) is 5.54 Å². The average Bonchev–Trinajstić information content (AvgIpc) is 2.55. The van der Waals surface area contributed by atoms with Crippen molar-refractivity contribution in [3.8, 4) is 5.75 Å². The van der Waals surface area contributed by atoms with Crippen LogP contribution < -0.4 is 15.4 Å². The highest BCUT2D eigenvalue weighted by molar-refractivity contribution is 5.51. The second kappa shape index (κ2) is 7.14. The summed E-state index contributed by atoms with van der Waals surface area (Å²) in [7, 11) is 1.72. The van der Waals surface area contributed by atoms with Gasteiger partial charge in [0.05, 0.1) is 7.11 Å². The SMILES string of the molecule is CCC(N)(CC)CN1CCN(c2cccc(OC)c2)CC1. The molecule has 118 valence electrons. The van der Waals surface area contributed by atoms with E-state index in [0.29, 0.717) is 0 Å². The highest BCUT2D eigenvalue weighted by Crippen LogP contribution is 2.23. The lowest BCUT2D eigenvalue weighted by atomic mass is 9.93. The van der Waals surface area contributed by atoms with E-state index < -0.39 is 0 Å². The molecule has 1 saturated heterocycles. The Hall–Kier alpha value is -1.26. The number of piperazine rings is 1. The summed E-state index contributed by atoms with van der Waals surface area (Å²) in [5.41, 5.74) is 7.66. The van der Waals surface area contributed by atoms with Gasteiger partial charge in [-0.1, -0.05) is 19.9 Å². The van der Waals surface area contributed by atoms with Crippen LogP contribution in [0.4, 0.5) is 5.69 Å². The lowest BCUT2D eigenvalue weighted by molar-refractivity contribution is 0.190. The summed E-state index contributed by atoms with van der Waals surface area (Å²) in [6, 6.07) is 8.31. The molecule has 0 bridgehead atoms. The van der Waals surface area contributed by atoms with E-state index in [0.717, 1.165) is 51.3 Å². The minimum absolute atomic E-state index is 0.0296. The topological polar surface area (TPSA) is 41.7 Å². The van der Waals surface area contributed by atoms with Crippen LogP contribution in [-0.4, -0.2) is 50.3 Å². The molecule has 2 rings (SSSR count). The zero-order chi connectivity index (χ0) is 15.3. The van der Waals surface area contributed by atoms with Crippen LogP contribution in [-0.2, 0) is 0 Å². The van der Waals surface area contributed by atoms with Gasteiger partial charge in [-0.05, 0) is 25.0 Å². The molecule has 1 aromatic rings. The van der Waals surface area contributed by atoms with Crippen molar-refractivity contribution in [3.63, 3.8) is 0 Å². The molecule has 2 N–H and O–H groups in total. The predicted molar refractivity (Wildman–Crippen MR) is 89.1 cm³/mol. The second-order valence-electron chi connectivity index (χ2n) is 6.03. The van der Waals surface area contributed by atoms with E-state index in [4.69, 9.17) is 10.5 Å². The van der Waals surface area contributed by atoms with Gasteiger partial charge in [0.25, 0.3) is 0 Å². The highest BCUT2D eigenvalue weighted by Gasteiger charge is 2.26. The Morgan fingerprint density at radius 1 is 1.14 bits per heavy atom. The van der Waals surface area contributed by atoms with Gasteiger partial charge < -0.3 is 15.4 Å². The fourth-order valence-corrected chi connectivity index (χ4v) is 2.89. The Kier molecular flexibility index (Phi) is 5.48. The molecule has 4 nitrogen and oxygen atoms in total. The molecule has 0 saturated carbocycles. The van der Waals surface area contributed by atoms with Crippen molar-refractivity contribution in [1.82, 2.24) is 4.90 Å². The van der Waals surface area contributed by atoms with Crippen molar-refractivity contribution < 1.29 is 4.74 Å². The van der Waals surface area contributed by atoms with Gasteiger partial charge in [0.2, 0.25) is 0 Å². The van der Waals surface area contributed by atoms with Gasteiger partial charge >= 0.3 is 0 Å². The molecule has 0 amide bonds. The van der Waals surface area contributed by atoms with Crippen molar-refractivity contribution in [3.05, 3.63) is 24.3 Å². The maximum absolute atomic E-state index is 6.44. The lowest BCUT2D eigenvalue weighted by Crippen LogP contribution is -2.55. The molecule has 1 fully saturated rings. The number of benzene rings is 1. The number of hydrogen-bond donors (Lipinski definition) is 1. The smallest absolute Gasteiger partial charge is 0.120 e. The molecule has 0 aromatic heterocycles. The number of nitrogens with zero attached hydrogens (tertiary/aromatic N) is 2. The van der Waals surface area contributed by atoms with Crippen LogP contribution in [0.3, 0.4) is 0 Å². The Bertz CT molecular complexity index is 437. The molecule has 4 heteroatoms. The number of ether oxygens (including phenoxy) is 1. The molecule has 1 aliphatic rings. The first kappa shape index (κ1) is 16.1. The van der Waals surface area contributed by atoms with E-state index in [9.17, 15) is 0 Å². The third-order valence-corrected chi connectivity index (χ3v) is 4.74. The predicted octanol–water partition coefficient (Wildman–Crippen LogP) is 2.33. The first-order valence-electron chi connectivity index (χ1n) is 8.00. The van der Waals surface area contributed by atoms with Crippen LogP contribution in [0.5, 0.6) is 5.75 Å². The van der Waals surface area contributed by atoms with Crippen molar-refractivity contribution in [2.45, 2.75) is 32.2 Å². The molecule has 0 radical (unpaired) electrons. The van der Waals surface area contributed by atoms with E-state index >= 15 is 0 Å². The average molecular weight is 291 g/mol. The molecule has 1 aromatic carbocycles. The maximum Gasteiger partial charge on any atom is 0.120 e. The van der Waals surface area contributed by atoms with E-state index in [1.165, 1.54) is 5.69 Å². The van der Waals surface area contributed by atoms with Crippen LogP contribution >= 0.6 is 0 Å². The van der Waals surface area contributed by atoms with Gasteiger partial charge in [-0.25, -0.2) is 0 Å². The number of rotatable bonds is 6. The van der Waals surface area contributed by atoms with Gasteiger partial charge in [-0.2, -0.15) is 0 Å². The van der Waals surface area contributed by atoms with Gasteiger partial charge in [-0.15, -0.1) is 0 Å². The van der Waals surface area contributed by atoms with Crippen LogP contribution in [0.25, 0.3) is 0 Å². The van der Waals surface area contributed by atoms with Crippen molar-refractivity contribution in [2.24, 2.45) is 5.73 Å². The largest absolute Gasteiger partial charge is 0.497 e. The molecule has 1 heterocycles. The molecule has 0 atom stereocenters. The minimum atomic E-state index is -0.0296. The number of anilines is 1. The first-order valence-corrected chi connectivity index (χ1v) is 8.00. The normalized spacial score (nSPS) is 17.0. The van der Waals surface area contributed by atoms with Gasteiger partial charge in [0, 0.05) is 50.0 Å². The Balaban J connectivity index is 1.91. The van der Waals surface area contributed by atoms with E-state index in [1.807, 2.05) is 6.07 Å². The Morgan fingerprint density at radius 2 is 1.81 bits per heavy atom. The molecule has 0 aliphatic carbocycles. The van der Waals surface area contributed by atoms with Crippen molar-refractivity contribution in [2.75, 3.05) is 44.7 Å². The van der Waals surface area contributed by atoms with Crippen LogP contribution in [0.1, 0.15) is 26.7 Å². The molecular weight excluding hydrogens is 262 g/mol. The summed E-state index contributed by atoms with van der Waals surface area (Å²) in [4.78, 5) is 4.93. The zero-order valence-corrected chi connectivity index (χ0v) is 13.6. The van der Waals surface area contributed by atoms with Crippen molar-refractivity contribution >= 4 is 5.69 Å². The quantitative estimate of drug-likeness (QED) is 0.873. The molecule has 21 heavy (non-hydrogen) atoms. The number of methoxy groups -OCH3 is 1. The van der Waals surface area contributed by atoms with E-state index in [1.54, 1.807) is 7.11 Å². The number of nitrogens with two attached hydrogens (primary N) is 1. The maximum atomic E-state index is 6.44. The molecule has 0 spiro atoms. The van der Waals surface area contributed by atoms with E-state index in [2.05, 4.69) is 41.8 Å². The summed E-state index contributed by atoms with van der Waals surface area (Å²) in [6.45, 7) is 9.65. The van der Waals surface area contributed by atoms with Gasteiger partial charge in [0.15, 0.2) is 0 Å². The van der Waals surface area contributed by atoms with Gasteiger partial charge in [-0.3, -0.25) is 4.90 Å². The summed E-state index contributed by atoms with van der Waals surface area (Å²) < 4.78 is 5.31. The summed E-state index contributed by atoms with van der Waals surface area (Å²) in [5, 5.41) is 0. The lowest BCUT2D eigenvalue weighted by Gasteiger charge is -2.40. The fourth-order valence-electron chi connectivity index (χ4n) is 2.89. The van der Waals surface area contributed by atoms with Crippen LogP contribution in [0, 0.1) is 0 Å². The molecule has 1 aliphatic heterocycles. The van der Waals surface area contributed by atoms with Gasteiger partial charge in [0.1, 0.15) is 5.75 Å². The highest BCUT2D eigenvalue weighted by atomic mass is 16.5. The Labute approximate surface area is 128 Å². The standard InChI is InChI=1S/C17H29N3O/c1-4-17(18,5-2)14-19-9-11-20(12-10-19)15-7-6-8-16(13-15)21-3/h6-8,13H,4-5,9-12,14,18H2,1-3H3. The third kappa shape index (κ3) is 4.11. The second-order valence-corrected chi connectivity index (χ2v) is 6.03. The summed E-state index contributed by atoms with van der Waals surface area (Å²) in [5.74, 6) is 0.924. The third-order valence-electron chi connectivity index (χ3n) is 4.74. The van der Waals surface area contributed by atoms with Crippen LogP contribution in [0.2, 0.25) is 0 Å². The monoisotopic (exact) mass is 291 g/mol.